The molecule has 9 nitrogen and oxygen atoms in total. The summed E-state index contributed by atoms with van der Waals surface area (Å²) in [5.41, 5.74) is 1.72. The Bertz CT molecular complexity index is 1350. The molecule has 11 heteroatoms. The van der Waals surface area contributed by atoms with Gasteiger partial charge in [-0.3, -0.25) is 14.4 Å². The number of nitrogens with zero attached hydrogens (tertiary/aromatic N) is 1. The fourth-order valence-corrected chi connectivity index (χ4v) is 5.44. The predicted octanol–water partition coefficient (Wildman–Crippen LogP) is 3.43. The average molecular weight is 589 g/mol. The van der Waals surface area contributed by atoms with E-state index in [2.05, 4.69) is 11.9 Å². The number of allylic oxidation sites excluding steroid dienone is 1. The fraction of sp³-hybridized carbons (Fsp3) is 0.345. The number of rotatable bonds is 11. The second-order valence-corrected chi connectivity index (χ2v) is 10.3. The Kier molecular flexibility index (Phi) is 9.52. The molecule has 4 rings (SSSR count). The number of carbonyl (C=O) groups is 3. The number of hydrogen-bond acceptors (Lipinski definition) is 7. The second-order valence-electron chi connectivity index (χ2n) is 9.50. The molecule has 40 heavy (non-hydrogen) atoms. The maximum absolute atomic E-state index is 13.5. The van der Waals surface area contributed by atoms with Crippen molar-refractivity contribution >= 4 is 41.3 Å². The number of carbonyl (C=O) groups excluding carboxylic acids is 3. The molecule has 4 atom stereocenters. The molecule has 0 fully saturated rings. The van der Waals surface area contributed by atoms with Crippen molar-refractivity contribution in [1.82, 2.24) is 10.2 Å². The summed E-state index contributed by atoms with van der Waals surface area (Å²) in [6, 6.07) is 7.13. The number of nitrogens with one attached hydrogen (secondary N) is 1. The predicted molar refractivity (Wildman–Crippen MR) is 150 cm³/mol. The molecule has 0 saturated carbocycles. The van der Waals surface area contributed by atoms with Crippen molar-refractivity contribution in [2.75, 3.05) is 20.3 Å². The van der Waals surface area contributed by atoms with E-state index in [1.807, 2.05) is 0 Å². The SMILES string of the molecule is C=CCCC(=O)N(Cc1ccc(Cl)c(Cl)c1)C1C=C(C(=O)NCCO)C2c3cc(C=O)cc(OC)c3OC2C1O. The third-order valence-corrected chi connectivity index (χ3v) is 7.73. The molecule has 0 aromatic heterocycles. The van der Waals surface area contributed by atoms with Crippen molar-refractivity contribution in [3.63, 3.8) is 0 Å². The summed E-state index contributed by atoms with van der Waals surface area (Å²) in [4.78, 5) is 40.0. The maximum atomic E-state index is 13.5. The van der Waals surface area contributed by atoms with Crippen LogP contribution in [-0.2, 0) is 16.1 Å². The molecule has 0 bridgehead atoms. The summed E-state index contributed by atoms with van der Waals surface area (Å²) in [7, 11) is 1.43. The van der Waals surface area contributed by atoms with Crippen LogP contribution in [0.1, 0.15) is 40.2 Å². The first-order valence-electron chi connectivity index (χ1n) is 12.7. The standard InChI is InChI=1S/C29H30Cl2N2O7/c1-3-4-5-24(36)33(14-16-6-7-20(30)21(31)11-16)22-13-19(29(38)32-8-9-34)25-18-10-17(15-35)12-23(39-2)27(18)40-28(25)26(22)37/h3,6-7,10-13,15,22,25-26,28,34,37H,1,4-5,8-9,14H2,2H3,(H,32,38). The molecule has 1 aliphatic heterocycles. The van der Waals surface area contributed by atoms with E-state index >= 15 is 0 Å². The monoisotopic (exact) mass is 588 g/mol. The molecular weight excluding hydrogens is 559 g/mol. The van der Waals surface area contributed by atoms with E-state index in [0.29, 0.717) is 45.2 Å². The van der Waals surface area contributed by atoms with Crippen LogP contribution in [0.15, 0.2) is 54.6 Å². The van der Waals surface area contributed by atoms with Crippen LogP contribution < -0.4 is 14.8 Å². The number of hydrogen-bond donors (Lipinski definition) is 3. The van der Waals surface area contributed by atoms with Gasteiger partial charge in [0.25, 0.3) is 0 Å². The minimum absolute atomic E-state index is 0.00253. The molecule has 212 valence electrons. The summed E-state index contributed by atoms with van der Waals surface area (Å²) in [6.45, 7) is 3.48. The number of aliphatic hydroxyl groups excluding tert-OH is 2. The van der Waals surface area contributed by atoms with Crippen LogP contribution >= 0.6 is 23.2 Å². The number of aldehydes is 1. The molecule has 0 radical (unpaired) electrons. The van der Waals surface area contributed by atoms with Gasteiger partial charge in [-0.25, -0.2) is 0 Å². The number of aliphatic hydroxyl groups is 2. The van der Waals surface area contributed by atoms with Gasteiger partial charge in [0.05, 0.1) is 35.7 Å². The van der Waals surface area contributed by atoms with E-state index < -0.39 is 30.1 Å². The zero-order valence-corrected chi connectivity index (χ0v) is 23.3. The highest BCUT2D eigenvalue weighted by Crippen LogP contribution is 2.51. The van der Waals surface area contributed by atoms with Gasteiger partial charge in [-0.1, -0.05) is 35.3 Å². The van der Waals surface area contributed by atoms with Crippen molar-refractivity contribution < 1.29 is 34.1 Å². The number of ether oxygens (including phenoxy) is 2. The van der Waals surface area contributed by atoms with Gasteiger partial charge in [0.15, 0.2) is 11.5 Å². The Balaban J connectivity index is 1.82. The molecule has 3 N–H and O–H groups in total. The number of methoxy groups -OCH3 is 1. The second kappa shape index (κ2) is 12.9. The minimum Gasteiger partial charge on any atom is -0.493 e. The lowest BCUT2D eigenvalue weighted by Crippen LogP contribution is -2.55. The van der Waals surface area contributed by atoms with Gasteiger partial charge in [0, 0.05) is 36.2 Å². The molecule has 1 heterocycles. The third-order valence-electron chi connectivity index (χ3n) is 6.99. The molecule has 2 aromatic carbocycles. The van der Waals surface area contributed by atoms with Crippen LogP contribution in [-0.4, -0.2) is 71.7 Å². The van der Waals surface area contributed by atoms with Crippen molar-refractivity contribution in [3.05, 3.63) is 81.4 Å². The number of halogens is 2. The zero-order valence-electron chi connectivity index (χ0n) is 21.8. The van der Waals surface area contributed by atoms with Crippen LogP contribution in [0.5, 0.6) is 11.5 Å². The van der Waals surface area contributed by atoms with Crippen molar-refractivity contribution in [1.29, 1.82) is 0 Å². The highest BCUT2D eigenvalue weighted by atomic mass is 35.5. The van der Waals surface area contributed by atoms with Crippen LogP contribution in [0, 0.1) is 0 Å². The first kappa shape index (κ1) is 29.6. The van der Waals surface area contributed by atoms with Gasteiger partial charge in [-0.2, -0.15) is 0 Å². The number of amides is 2. The minimum atomic E-state index is -1.26. The van der Waals surface area contributed by atoms with E-state index in [4.69, 9.17) is 32.7 Å². The topological polar surface area (TPSA) is 125 Å². The van der Waals surface area contributed by atoms with Crippen molar-refractivity contribution in [3.8, 4) is 11.5 Å². The third kappa shape index (κ3) is 5.88. The number of fused-ring (bicyclic) bond motifs is 3. The molecule has 1 aliphatic carbocycles. The van der Waals surface area contributed by atoms with Crippen molar-refractivity contribution in [2.45, 2.75) is 43.6 Å². The Morgan fingerprint density at radius 1 is 1.23 bits per heavy atom. The quantitative estimate of drug-likeness (QED) is 0.271. The largest absolute Gasteiger partial charge is 0.493 e. The lowest BCUT2D eigenvalue weighted by Gasteiger charge is -2.41. The molecule has 0 saturated heterocycles. The Morgan fingerprint density at radius 2 is 2.00 bits per heavy atom. The molecule has 2 amide bonds. The van der Waals surface area contributed by atoms with Crippen LogP contribution in [0.2, 0.25) is 10.0 Å². The summed E-state index contributed by atoms with van der Waals surface area (Å²) >= 11 is 12.3. The Hall–Kier alpha value is -3.37. The summed E-state index contributed by atoms with van der Waals surface area (Å²) in [5, 5.41) is 24.3. The first-order chi connectivity index (χ1) is 19.2. The molecule has 4 unspecified atom stereocenters. The zero-order chi connectivity index (χ0) is 29.0. The fourth-order valence-electron chi connectivity index (χ4n) is 5.12. The van der Waals surface area contributed by atoms with Gasteiger partial charge in [-0.15, -0.1) is 6.58 Å². The summed E-state index contributed by atoms with van der Waals surface area (Å²) < 4.78 is 11.6. The summed E-state index contributed by atoms with van der Waals surface area (Å²) in [5.74, 6) is -0.957. The van der Waals surface area contributed by atoms with Gasteiger partial charge < -0.3 is 29.9 Å². The van der Waals surface area contributed by atoms with E-state index in [1.165, 1.54) is 18.1 Å². The van der Waals surface area contributed by atoms with E-state index in [0.717, 1.165) is 0 Å². The lowest BCUT2D eigenvalue weighted by atomic mass is 9.77. The Labute approximate surface area is 242 Å². The van der Waals surface area contributed by atoms with Gasteiger partial charge in [0.1, 0.15) is 18.5 Å². The summed E-state index contributed by atoms with van der Waals surface area (Å²) in [6.07, 6.45) is 2.14. The highest BCUT2D eigenvalue weighted by molar-refractivity contribution is 6.42. The highest BCUT2D eigenvalue weighted by Gasteiger charge is 2.51. The van der Waals surface area contributed by atoms with Crippen LogP contribution in [0.4, 0.5) is 0 Å². The first-order valence-corrected chi connectivity index (χ1v) is 13.5. The smallest absolute Gasteiger partial charge is 0.247 e. The van der Waals surface area contributed by atoms with Crippen LogP contribution in [0.25, 0.3) is 0 Å². The Morgan fingerprint density at radius 3 is 2.65 bits per heavy atom. The molecule has 0 spiro atoms. The lowest BCUT2D eigenvalue weighted by molar-refractivity contribution is -0.138. The van der Waals surface area contributed by atoms with E-state index in [9.17, 15) is 24.6 Å². The normalized spacial score (nSPS) is 20.9. The van der Waals surface area contributed by atoms with Gasteiger partial charge in [-0.05, 0) is 42.3 Å². The van der Waals surface area contributed by atoms with Gasteiger partial charge in [0.2, 0.25) is 11.8 Å². The van der Waals surface area contributed by atoms with E-state index in [-0.39, 0.29) is 43.3 Å². The van der Waals surface area contributed by atoms with Crippen LogP contribution in [0.3, 0.4) is 0 Å². The molecular formula is C29H30Cl2N2O7. The maximum Gasteiger partial charge on any atom is 0.247 e. The molecule has 2 aromatic rings. The van der Waals surface area contributed by atoms with E-state index in [1.54, 1.807) is 36.4 Å². The number of benzene rings is 2. The average Bonchev–Trinajstić information content (AvgIpc) is 3.35. The van der Waals surface area contributed by atoms with Gasteiger partial charge >= 0.3 is 0 Å². The molecule has 2 aliphatic rings. The van der Waals surface area contributed by atoms with Crippen molar-refractivity contribution in [2.24, 2.45) is 0 Å².